The predicted molar refractivity (Wildman–Crippen MR) is 89.5 cm³/mol. The third-order valence-electron chi connectivity index (χ3n) is 4.09. The molecule has 0 aromatic rings. The van der Waals surface area contributed by atoms with Crippen LogP contribution in [-0.2, 0) is 14.3 Å². The van der Waals surface area contributed by atoms with Crippen molar-refractivity contribution in [2.45, 2.75) is 36.5 Å². The zero-order valence-corrected chi connectivity index (χ0v) is 15.0. The summed E-state index contributed by atoms with van der Waals surface area (Å²) in [7, 11) is 0. The molecule has 0 unspecified atom stereocenters. The van der Waals surface area contributed by atoms with Crippen LogP contribution in [0.15, 0.2) is 21.8 Å². The Balaban J connectivity index is 2.47. The standard InChI is InChI=1S/C14H19IN2O7/c1-12(22,7-18)9(19)14-11(21)16-13(23,10(20)17-14)8(3-2-5-15)4-6-24-14/h2-3,5,9,18-19,22-23H,4,6-7H2,1H3,(H,16,21)(H,17,20)/b5-2+,8-3+/t9-,12-,13+,14-/m0/s1. The highest BCUT2D eigenvalue weighted by Crippen LogP contribution is 2.33. The topological polar surface area (TPSA) is 148 Å². The van der Waals surface area contributed by atoms with E-state index < -0.39 is 41.6 Å². The molecule has 3 aliphatic rings. The van der Waals surface area contributed by atoms with Crippen molar-refractivity contribution in [3.8, 4) is 0 Å². The lowest BCUT2D eigenvalue weighted by Gasteiger charge is -2.49. The molecular weight excluding hydrogens is 435 g/mol. The van der Waals surface area contributed by atoms with Crippen LogP contribution in [0.3, 0.4) is 0 Å². The number of piperazine rings is 1. The first-order valence-electron chi connectivity index (χ1n) is 7.13. The Bertz CT molecular complexity index is 606. The summed E-state index contributed by atoms with van der Waals surface area (Å²) in [6.45, 7) is 0.0963. The number of fused-ring (bicyclic) bond motifs is 5. The van der Waals surface area contributed by atoms with Crippen molar-refractivity contribution in [2.75, 3.05) is 13.2 Å². The number of aliphatic hydroxyl groups is 4. The van der Waals surface area contributed by atoms with Crippen molar-refractivity contribution in [1.29, 1.82) is 0 Å². The van der Waals surface area contributed by atoms with E-state index in [1.54, 1.807) is 10.2 Å². The molecule has 0 radical (unpaired) electrons. The van der Waals surface area contributed by atoms with E-state index in [-0.39, 0.29) is 18.6 Å². The Morgan fingerprint density at radius 2 is 2.08 bits per heavy atom. The van der Waals surface area contributed by atoms with Crippen molar-refractivity contribution in [3.05, 3.63) is 21.8 Å². The third-order valence-corrected chi connectivity index (χ3v) is 4.51. The van der Waals surface area contributed by atoms with E-state index in [9.17, 15) is 30.0 Å². The average Bonchev–Trinajstić information content (AvgIpc) is 2.53. The molecule has 2 amide bonds. The second-order valence-electron chi connectivity index (χ2n) is 5.88. The lowest BCUT2D eigenvalue weighted by atomic mass is 9.84. The molecule has 3 rings (SSSR count). The summed E-state index contributed by atoms with van der Waals surface area (Å²) in [4.78, 5) is 24.9. The van der Waals surface area contributed by atoms with Crippen molar-refractivity contribution in [2.24, 2.45) is 0 Å². The third kappa shape index (κ3) is 2.97. The molecular formula is C14H19IN2O7. The molecule has 9 nitrogen and oxygen atoms in total. The highest BCUT2D eigenvalue weighted by Gasteiger charge is 2.63. The first kappa shape index (κ1) is 19.3. The number of carbonyl (C=O) groups excluding carboxylic acids is 2. The molecule has 3 heterocycles. The molecule has 3 aliphatic heterocycles. The highest BCUT2D eigenvalue weighted by atomic mass is 127. The average molecular weight is 454 g/mol. The van der Waals surface area contributed by atoms with Crippen LogP contribution < -0.4 is 10.6 Å². The van der Waals surface area contributed by atoms with E-state index in [0.717, 1.165) is 6.92 Å². The molecule has 3 fully saturated rings. The van der Waals surface area contributed by atoms with Gasteiger partial charge in [0, 0.05) is 0 Å². The van der Waals surface area contributed by atoms with Crippen molar-refractivity contribution < 1.29 is 34.8 Å². The molecule has 4 atom stereocenters. The predicted octanol–water partition coefficient (Wildman–Crippen LogP) is -1.98. The fourth-order valence-electron chi connectivity index (χ4n) is 2.61. The van der Waals surface area contributed by atoms with E-state index in [1.165, 1.54) is 6.08 Å². The van der Waals surface area contributed by atoms with Gasteiger partial charge in [0.2, 0.25) is 5.72 Å². The minimum atomic E-state index is -2.32. The highest BCUT2D eigenvalue weighted by molar-refractivity contribution is 14.1. The van der Waals surface area contributed by atoms with Gasteiger partial charge in [-0.2, -0.15) is 0 Å². The number of nitrogens with one attached hydrogen (secondary N) is 2. The molecule has 134 valence electrons. The van der Waals surface area contributed by atoms with Crippen LogP contribution in [0.1, 0.15) is 13.3 Å². The van der Waals surface area contributed by atoms with E-state index in [4.69, 9.17) is 4.74 Å². The summed E-state index contributed by atoms with van der Waals surface area (Å²) in [5.74, 6) is -2.04. The summed E-state index contributed by atoms with van der Waals surface area (Å²) in [6, 6.07) is 0. The summed E-state index contributed by atoms with van der Waals surface area (Å²) in [6.07, 6.45) is 1.19. The molecule has 3 saturated heterocycles. The maximum Gasteiger partial charge on any atom is 0.280 e. The normalized spacial score (nSPS) is 36.0. The van der Waals surface area contributed by atoms with Crippen LogP contribution in [-0.4, -0.2) is 68.6 Å². The van der Waals surface area contributed by atoms with E-state index in [2.05, 4.69) is 10.6 Å². The summed E-state index contributed by atoms with van der Waals surface area (Å²) in [5, 5.41) is 44.5. The zero-order chi connectivity index (χ0) is 18.2. The van der Waals surface area contributed by atoms with Gasteiger partial charge in [-0.3, -0.25) is 9.59 Å². The second-order valence-corrected chi connectivity index (χ2v) is 6.60. The number of rotatable bonds is 4. The smallest absolute Gasteiger partial charge is 0.280 e. The summed E-state index contributed by atoms with van der Waals surface area (Å²) in [5.41, 5.74) is -6.52. The molecule has 6 N–H and O–H groups in total. The van der Waals surface area contributed by atoms with E-state index in [1.807, 2.05) is 22.6 Å². The number of hydrogen-bond acceptors (Lipinski definition) is 7. The molecule has 0 saturated carbocycles. The van der Waals surface area contributed by atoms with E-state index >= 15 is 0 Å². The van der Waals surface area contributed by atoms with Gasteiger partial charge in [-0.15, -0.1) is 0 Å². The summed E-state index contributed by atoms with van der Waals surface area (Å²) < 4.78 is 7.06. The fourth-order valence-corrected chi connectivity index (χ4v) is 2.82. The molecule has 10 heteroatoms. The van der Waals surface area contributed by atoms with Gasteiger partial charge >= 0.3 is 0 Å². The molecule has 2 bridgehead atoms. The van der Waals surface area contributed by atoms with Crippen molar-refractivity contribution in [3.63, 3.8) is 0 Å². The largest absolute Gasteiger partial charge is 0.393 e. The maximum absolute atomic E-state index is 12.5. The molecule has 0 aliphatic carbocycles. The number of ether oxygens (including phenoxy) is 1. The Hall–Kier alpha value is -1.05. The molecule has 0 aromatic carbocycles. The second kappa shape index (κ2) is 6.69. The summed E-state index contributed by atoms with van der Waals surface area (Å²) >= 11 is 1.96. The minimum absolute atomic E-state index is 0.0981. The lowest BCUT2D eigenvalue weighted by molar-refractivity contribution is -0.230. The van der Waals surface area contributed by atoms with Crippen LogP contribution in [0.25, 0.3) is 0 Å². The van der Waals surface area contributed by atoms with Crippen LogP contribution in [0.5, 0.6) is 0 Å². The number of allylic oxidation sites excluding steroid dienone is 2. The number of halogens is 1. The van der Waals surface area contributed by atoms with Gasteiger partial charge in [-0.05, 0) is 23.0 Å². The van der Waals surface area contributed by atoms with Crippen LogP contribution in [0.2, 0.25) is 0 Å². The number of amides is 2. The van der Waals surface area contributed by atoms with Crippen molar-refractivity contribution in [1.82, 2.24) is 10.6 Å². The fraction of sp³-hybridized carbons (Fsp3) is 0.571. The van der Waals surface area contributed by atoms with Crippen LogP contribution in [0, 0.1) is 0 Å². The molecule has 0 aromatic heterocycles. The first-order valence-corrected chi connectivity index (χ1v) is 8.38. The van der Waals surface area contributed by atoms with E-state index in [0.29, 0.717) is 0 Å². The van der Waals surface area contributed by atoms with Crippen LogP contribution >= 0.6 is 22.6 Å². The zero-order valence-electron chi connectivity index (χ0n) is 12.8. The quantitative estimate of drug-likeness (QED) is 0.270. The Morgan fingerprint density at radius 3 is 2.67 bits per heavy atom. The monoisotopic (exact) mass is 454 g/mol. The first-order chi connectivity index (χ1) is 11.1. The minimum Gasteiger partial charge on any atom is -0.393 e. The Labute approximate surface area is 151 Å². The van der Waals surface area contributed by atoms with Crippen LogP contribution in [0.4, 0.5) is 0 Å². The number of hydrogen-bond donors (Lipinski definition) is 6. The van der Waals surface area contributed by atoms with Gasteiger partial charge in [0.25, 0.3) is 17.5 Å². The SMILES string of the molecule is C[C@](O)(CO)[C@H](O)[C@@]12NC(=O)[C@@](O)(NC1=O)/C(=C/C=C/I)CCO2. The Kier molecular flexibility index (Phi) is 5.37. The van der Waals surface area contributed by atoms with Gasteiger partial charge in [-0.1, -0.05) is 34.7 Å². The van der Waals surface area contributed by atoms with Gasteiger partial charge in [0.05, 0.1) is 13.2 Å². The number of carbonyl (C=O) groups is 2. The van der Waals surface area contributed by atoms with Gasteiger partial charge in [-0.25, -0.2) is 0 Å². The number of aliphatic hydroxyl groups excluding tert-OH is 2. The van der Waals surface area contributed by atoms with Gasteiger partial charge < -0.3 is 35.8 Å². The maximum atomic E-state index is 12.5. The lowest BCUT2D eigenvalue weighted by Crippen LogP contribution is -2.82. The van der Waals surface area contributed by atoms with Gasteiger partial charge in [0.15, 0.2) is 0 Å². The molecule has 24 heavy (non-hydrogen) atoms. The molecule has 0 spiro atoms. The van der Waals surface area contributed by atoms with Crippen molar-refractivity contribution >= 4 is 34.4 Å². The van der Waals surface area contributed by atoms with Gasteiger partial charge in [0.1, 0.15) is 11.7 Å². The Morgan fingerprint density at radius 1 is 1.42 bits per heavy atom.